The number of aromatic amines is 1. The summed E-state index contributed by atoms with van der Waals surface area (Å²) in [5.74, 6) is 0.0127. The summed E-state index contributed by atoms with van der Waals surface area (Å²) in [6.07, 6.45) is 10.3. The lowest BCUT2D eigenvalue weighted by Crippen LogP contribution is -2.40. The number of hydrogen-bond acceptors (Lipinski definition) is 4. The van der Waals surface area contributed by atoms with Crippen molar-refractivity contribution in [2.24, 2.45) is 4.99 Å². The van der Waals surface area contributed by atoms with E-state index in [-0.39, 0.29) is 5.91 Å². The maximum atomic E-state index is 13.9. The molecular formula is C30H27N5O. The molecule has 4 aromatic rings. The highest BCUT2D eigenvalue weighted by molar-refractivity contribution is 5.94. The van der Waals surface area contributed by atoms with Crippen LogP contribution >= 0.6 is 0 Å². The molecule has 0 atom stereocenters. The van der Waals surface area contributed by atoms with Crippen molar-refractivity contribution in [2.45, 2.75) is 19.5 Å². The third-order valence-corrected chi connectivity index (χ3v) is 6.81. The summed E-state index contributed by atoms with van der Waals surface area (Å²) in [6, 6.07) is 22.8. The number of anilines is 1. The molecule has 0 fully saturated rings. The number of benzene rings is 3. The van der Waals surface area contributed by atoms with Gasteiger partial charge in [0.1, 0.15) is 0 Å². The summed E-state index contributed by atoms with van der Waals surface area (Å²) >= 11 is 0. The standard InChI is InChI=1S/C30H27N5O/c36-30(27-11-6-10-23-9-4-5-14-32-29(23)27)35-16-15-34(20-26-18-31-21-33-26)28-13-12-24(17-25(28)19-35)22-7-2-1-3-8-22/h1-3,5-14,17-18,21H,4,15-16,19-20H2,(H,31,33). The molecule has 0 spiro atoms. The second kappa shape index (κ2) is 9.66. The SMILES string of the molecule is O=C(c1cccc2c1=NC=CCC=2)N1CCN(Cc2cnc[nH]2)c2ccc(-c3ccccc3)cc2C1. The molecule has 3 heterocycles. The van der Waals surface area contributed by atoms with Crippen LogP contribution in [0.2, 0.25) is 0 Å². The van der Waals surface area contributed by atoms with Gasteiger partial charge in [-0.2, -0.15) is 0 Å². The maximum absolute atomic E-state index is 13.9. The first-order chi connectivity index (χ1) is 17.8. The molecule has 178 valence electrons. The smallest absolute Gasteiger partial charge is 0.256 e. The summed E-state index contributed by atoms with van der Waals surface area (Å²) in [6.45, 7) is 2.58. The molecule has 2 aliphatic heterocycles. The molecule has 0 saturated carbocycles. The third kappa shape index (κ3) is 4.33. The van der Waals surface area contributed by atoms with Crippen LogP contribution in [0.1, 0.15) is 28.0 Å². The van der Waals surface area contributed by atoms with Gasteiger partial charge in [-0.05, 0) is 46.5 Å². The summed E-state index contributed by atoms with van der Waals surface area (Å²) in [5, 5.41) is 1.77. The Kier molecular flexibility index (Phi) is 5.91. The Morgan fingerprint density at radius 3 is 2.75 bits per heavy atom. The monoisotopic (exact) mass is 473 g/mol. The van der Waals surface area contributed by atoms with Gasteiger partial charge < -0.3 is 14.8 Å². The van der Waals surface area contributed by atoms with Crippen molar-refractivity contribution in [1.29, 1.82) is 0 Å². The van der Waals surface area contributed by atoms with Gasteiger partial charge in [0.05, 0.1) is 29.5 Å². The van der Waals surface area contributed by atoms with E-state index in [2.05, 4.69) is 68.4 Å². The van der Waals surface area contributed by atoms with Crippen molar-refractivity contribution < 1.29 is 4.79 Å². The van der Waals surface area contributed by atoms with Crippen molar-refractivity contribution in [3.8, 4) is 11.1 Å². The molecule has 0 radical (unpaired) electrons. The van der Waals surface area contributed by atoms with Crippen molar-refractivity contribution in [2.75, 3.05) is 18.0 Å². The number of aromatic nitrogens is 2. The number of hydrogen-bond donors (Lipinski definition) is 1. The van der Waals surface area contributed by atoms with E-state index < -0.39 is 0 Å². The van der Waals surface area contributed by atoms with Gasteiger partial charge in [-0.15, -0.1) is 0 Å². The van der Waals surface area contributed by atoms with Crippen molar-refractivity contribution >= 4 is 17.7 Å². The predicted molar refractivity (Wildman–Crippen MR) is 142 cm³/mol. The number of allylic oxidation sites excluding steroid dienone is 1. The number of H-pyrrole nitrogens is 1. The Bertz CT molecular complexity index is 1540. The fraction of sp³-hybridized carbons (Fsp3) is 0.167. The molecule has 0 aliphatic carbocycles. The van der Waals surface area contributed by atoms with Crippen molar-refractivity contribution in [1.82, 2.24) is 14.9 Å². The van der Waals surface area contributed by atoms with Gasteiger partial charge in [-0.25, -0.2) is 4.98 Å². The number of fused-ring (bicyclic) bond motifs is 2. The minimum absolute atomic E-state index is 0.0127. The molecule has 1 N–H and O–H groups in total. The van der Waals surface area contributed by atoms with Gasteiger partial charge in [-0.3, -0.25) is 9.79 Å². The van der Waals surface area contributed by atoms with Crippen LogP contribution in [-0.2, 0) is 13.1 Å². The summed E-state index contributed by atoms with van der Waals surface area (Å²) in [7, 11) is 0. The molecule has 0 unspecified atom stereocenters. The zero-order chi connectivity index (χ0) is 24.3. The average Bonchev–Trinajstić information content (AvgIpc) is 3.22. The van der Waals surface area contributed by atoms with E-state index in [4.69, 9.17) is 0 Å². The number of para-hydroxylation sites is 1. The highest BCUT2D eigenvalue weighted by Gasteiger charge is 2.25. The first kappa shape index (κ1) is 22.0. The van der Waals surface area contributed by atoms with Crippen molar-refractivity contribution in [3.63, 3.8) is 0 Å². The number of nitrogens with zero attached hydrogens (tertiary/aromatic N) is 4. The van der Waals surface area contributed by atoms with E-state index in [1.807, 2.05) is 41.4 Å². The molecule has 0 saturated heterocycles. The Balaban J connectivity index is 1.40. The maximum Gasteiger partial charge on any atom is 0.256 e. The number of nitrogens with one attached hydrogen (secondary N) is 1. The molecule has 6 rings (SSSR count). The van der Waals surface area contributed by atoms with Gasteiger partial charge in [0.25, 0.3) is 5.91 Å². The number of amides is 1. The Labute approximate surface area is 210 Å². The largest absolute Gasteiger partial charge is 0.364 e. The average molecular weight is 474 g/mol. The third-order valence-electron chi connectivity index (χ3n) is 6.81. The first-order valence-corrected chi connectivity index (χ1v) is 12.3. The van der Waals surface area contributed by atoms with Crippen LogP contribution in [0.15, 0.2) is 96.5 Å². The van der Waals surface area contributed by atoms with Gasteiger partial charge in [0.15, 0.2) is 0 Å². The van der Waals surface area contributed by atoms with Crippen LogP contribution in [0.4, 0.5) is 5.69 Å². The lowest BCUT2D eigenvalue weighted by atomic mass is 10.0. The van der Waals surface area contributed by atoms with Gasteiger partial charge >= 0.3 is 0 Å². The molecule has 3 aromatic carbocycles. The summed E-state index contributed by atoms with van der Waals surface area (Å²) < 4.78 is 0. The Morgan fingerprint density at radius 1 is 0.972 bits per heavy atom. The van der Waals surface area contributed by atoms with E-state index in [1.165, 1.54) is 0 Å². The second-order valence-corrected chi connectivity index (χ2v) is 9.13. The summed E-state index contributed by atoms with van der Waals surface area (Å²) in [5.41, 5.74) is 6.28. The van der Waals surface area contributed by atoms with E-state index in [0.717, 1.165) is 51.6 Å². The van der Waals surface area contributed by atoms with Crippen LogP contribution in [0.25, 0.3) is 17.2 Å². The van der Waals surface area contributed by atoms with Crippen LogP contribution < -0.4 is 15.5 Å². The van der Waals surface area contributed by atoms with E-state index in [1.54, 1.807) is 12.5 Å². The van der Waals surface area contributed by atoms with Crippen LogP contribution in [0, 0.1) is 0 Å². The predicted octanol–water partition coefficient (Wildman–Crippen LogP) is 4.06. The Morgan fingerprint density at radius 2 is 1.89 bits per heavy atom. The molecule has 2 aliphatic rings. The van der Waals surface area contributed by atoms with Gasteiger partial charge in [-0.1, -0.05) is 60.7 Å². The number of carbonyl (C=O) groups is 1. The zero-order valence-electron chi connectivity index (χ0n) is 20.0. The van der Waals surface area contributed by atoms with Gasteiger partial charge in [0, 0.05) is 37.7 Å². The molecule has 0 bridgehead atoms. The van der Waals surface area contributed by atoms with Crippen molar-refractivity contribution in [3.05, 3.63) is 119 Å². The Hall–Kier alpha value is -4.45. The minimum atomic E-state index is 0.0127. The molecule has 36 heavy (non-hydrogen) atoms. The lowest BCUT2D eigenvalue weighted by molar-refractivity contribution is 0.0749. The fourth-order valence-corrected chi connectivity index (χ4v) is 4.99. The molecule has 6 nitrogen and oxygen atoms in total. The quantitative estimate of drug-likeness (QED) is 0.486. The molecule has 1 amide bonds. The van der Waals surface area contributed by atoms with E-state index in [9.17, 15) is 4.79 Å². The number of carbonyl (C=O) groups excluding carboxylic acids is 1. The minimum Gasteiger partial charge on any atom is -0.364 e. The highest BCUT2D eigenvalue weighted by Crippen LogP contribution is 2.31. The molecular weight excluding hydrogens is 446 g/mol. The van der Waals surface area contributed by atoms with E-state index in [0.29, 0.717) is 25.2 Å². The number of rotatable bonds is 4. The fourth-order valence-electron chi connectivity index (χ4n) is 4.99. The first-order valence-electron chi connectivity index (χ1n) is 12.3. The summed E-state index contributed by atoms with van der Waals surface area (Å²) in [4.78, 5) is 30.2. The number of imidazole rings is 1. The highest BCUT2D eigenvalue weighted by atomic mass is 16.2. The van der Waals surface area contributed by atoms with E-state index >= 15 is 0 Å². The second-order valence-electron chi connectivity index (χ2n) is 9.13. The van der Waals surface area contributed by atoms with Crippen LogP contribution in [-0.4, -0.2) is 33.9 Å². The topological polar surface area (TPSA) is 64.6 Å². The normalized spacial score (nSPS) is 14.7. The molecule has 6 heteroatoms. The molecule has 1 aromatic heterocycles. The lowest BCUT2D eigenvalue weighted by Gasteiger charge is -2.24. The van der Waals surface area contributed by atoms with Crippen LogP contribution in [0.5, 0.6) is 0 Å². The zero-order valence-corrected chi connectivity index (χ0v) is 20.0. The van der Waals surface area contributed by atoms with Gasteiger partial charge in [0.2, 0.25) is 0 Å². The van der Waals surface area contributed by atoms with Crippen LogP contribution in [0.3, 0.4) is 0 Å².